The summed E-state index contributed by atoms with van der Waals surface area (Å²) in [5.74, 6) is 0. The summed E-state index contributed by atoms with van der Waals surface area (Å²) >= 11 is 0. The molecule has 0 saturated heterocycles. The van der Waals surface area contributed by atoms with E-state index in [9.17, 15) is 0 Å². The summed E-state index contributed by atoms with van der Waals surface area (Å²) in [6, 6.07) is -0.0926. The van der Waals surface area contributed by atoms with Crippen LogP contribution in [0, 0.1) is 0 Å². The second-order valence-corrected chi connectivity index (χ2v) is 1.31. The van der Waals surface area contributed by atoms with E-state index in [-0.39, 0.29) is 6.03 Å². The van der Waals surface area contributed by atoms with Crippen LogP contribution in [0.2, 0.25) is 0 Å². The van der Waals surface area contributed by atoms with Crippen LogP contribution in [0.25, 0.3) is 0 Å². The smallest absolute Gasteiger partial charge is 0.283 e. The SMILES string of the molecule is [O][PH](=O)C=O. The van der Waals surface area contributed by atoms with Crippen LogP contribution in [-0.4, -0.2) is 6.03 Å². The van der Waals surface area contributed by atoms with E-state index in [0.717, 1.165) is 0 Å². The highest BCUT2D eigenvalue weighted by Gasteiger charge is 1.79. The standard InChI is InChI=1S/CH2O3P/c2-1-5(3)4/h1,5H. The summed E-state index contributed by atoms with van der Waals surface area (Å²) in [5.41, 5.74) is 0. The molecule has 0 aliphatic heterocycles. The second kappa shape index (κ2) is 2.12. The summed E-state index contributed by atoms with van der Waals surface area (Å²) in [4.78, 5) is 18.0. The minimum absolute atomic E-state index is 0.0926. The average Bonchev–Trinajstić information content (AvgIpc) is 1.38. The maximum Gasteiger partial charge on any atom is 0.283 e. The quantitative estimate of drug-likeness (QED) is 0.340. The fraction of sp³-hybridized carbons (Fsp3) is 0. The first-order chi connectivity index (χ1) is 2.27. The molecular formula is CH2O3P. The van der Waals surface area contributed by atoms with Crippen LogP contribution in [0.3, 0.4) is 0 Å². The molecule has 0 aliphatic carbocycles. The largest absolute Gasteiger partial charge is 0.292 e. The van der Waals surface area contributed by atoms with Crippen LogP contribution in [0.15, 0.2) is 0 Å². The van der Waals surface area contributed by atoms with Crippen molar-refractivity contribution in [2.45, 2.75) is 0 Å². The van der Waals surface area contributed by atoms with E-state index in [1.165, 1.54) is 0 Å². The predicted molar refractivity (Wildman–Crippen MR) is 16.4 cm³/mol. The molecule has 1 unspecified atom stereocenters. The van der Waals surface area contributed by atoms with E-state index in [1.54, 1.807) is 0 Å². The van der Waals surface area contributed by atoms with Gasteiger partial charge in [0.1, 0.15) is 0 Å². The Balaban J connectivity index is 3.20. The van der Waals surface area contributed by atoms with Crippen molar-refractivity contribution in [1.82, 2.24) is 0 Å². The van der Waals surface area contributed by atoms with Crippen LogP contribution in [0.4, 0.5) is 0 Å². The third kappa shape index (κ3) is 3.86. The summed E-state index contributed by atoms with van der Waals surface area (Å²) in [6.45, 7) is 0. The van der Waals surface area contributed by atoms with Crippen molar-refractivity contribution in [2.75, 3.05) is 0 Å². The number of rotatable bonds is 1. The Morgan fingerprint density at radius 3 is 1.80 bits per heavy atom. The first-order valence-corrected chi connectivity index (χ1v) is 2.33. The Labute approximate surface area is 29.5 Å². The molecule has 29 valence electrons. The Hall–Kier alpha value is -0.140. The molecule has 0 saturated carbocycles. The number of carbonyl (C=O) groups is 1. The van der Waals surface area contributed by atoms with Gasteiger partial charge >= 0.3 is 0 Å². The van der Waals surface area contributed by atoms with Crippen molar-refractivity contribution in [3.8, 4) is 0 Å². The molecule has 0 spiro atoms. The van der Waals surface area contributed by atoms with Gasteiger partial charge in [-0.2, -0.15) is 4.89 Å². The van der Waals surface area contributed by atoms with E-state index in [4.69, 9.17) is 14.3 Å². The van der Waals surface area contributed by atoms with Gasteiger partial charge in [0.15, 0.2) is 0 Å². The van der Waals surface area contributed by atoms with Gasteiger partial charge in [0.25, 0.3) is 8.03 Å². The Morgan fingerprint density at radius 1 is 1.60 bits per heavy atom. The highest BCUT2D eigenvalue weighted by atomic mass is 31.1. The van der Waals surface area contributed by atoms with Crippen LogP contribution in [0.5, 0.6) is 0 Å². The summed E-state index contributed by atoms with van der Waals surface area (Å²) in [6.07, 6.45) is 0. The summed E-state index contributed by atoms with van der Waals surface area (Å²) < 4.78 is 9.07. The third-order valence-corrected chi connectivity index (χ3v) is 0.289. The number of hydrogen-bond donors (Lipinski definition) is 0. The van der Waals surface area contributed by atoms with Crippen LogP contribution < -0.4 is 0 Å². The van der Waals surface area contributed by atoms with Crippen molar-refractivity contribution in [3.63, 3.8) is 0 Å². The fourth-order valence-corrected chi connectivity index (χ4v) is 0. The molecule has 0 aromatic carbocycles. The van der Waals surface area contributed by atoms with Crippen LogP contribution >= 0.6 is 8.03 Å². The van der Waals surface area contributed by atoms with Crippen molar-refractivity contribution >= 4 is 14.1 Å². The van der Waals surface area contributed by atoms with Gasteiger partial charge in [0.05, 0.1) is 0 Å². The van der Waals surface area contributed by atoms with E-state index in [0.29, 0.717) is 0 Å². The number of hydrogen-bond acceptors (Lipinski definition) is 2. The van der Waals surface area contributed by atoms with Crippen molar-refractivity contribution in [3.05, 3.63) is 0 Å². The van der Waals surface area contributed by atoms with Gasteiger partial charge in [-0.25, -0.2) is 0 Å². The molecule has 3 nitrogen and oxygen atoms in total. The second-order valence-electron chi connectivity index (χ2n) is 0.437. The molecule has 1 atom stereocenters. The minimum atomic E-state index is -3.05. The van der Waals surface area contributed by atoms with Gasteiger partial charge < -0.3 is 0 Å². The predicted octanol–water partition coefficient (Wildman–Crippen LogP) is 0.0818. The topological polar surface area (TPSA) is 54.0 Å². The van der Waals surface area contributed by atoms with Gasteiger partial charge in [0.2, 0.25) is 6.03 Å². The van der Waals surface area contributed by atoms with Gasteiger partial charge in [0, 0.05) is 0 Å². The maximum absolute atomic E-state index is 9.07. The van der Waals surface area contributed by atoms with E-state index < -0.39 is 8.03 Å². The zero-order valence-corrected chi connectivity index (χ0v) is 3.30. The zero-order valence-electron chi connectivity index (χ0n) is 2.30. The fourth-order valence-electron chi connectivity index (χ4n) is 0. The molecule has 0 N–H and O–H groups in total. The lowest BCUT2D eigenvalue weighted by atomic mass is 11.8. The molecule has 0 bridgehead atoms. The summed E-state index contributed by atoms with van der Waals surface area (Å²) in [7, 11) is -3.05. The normalized spacial score (nSPS) is 13.8. The Kier molecular flexibility index (Phi) is 2.06. The molecule has 4 heteroatoms. The lowest BCUT2D eigenvalue weighted by Gasteiger charge is -1.56. The zero-order chi connectivity index (χ0) is 4.28. The van der Waals surface area contributed by atoms with Gasteiger partial charge in [-0.1, -0.05) is 0 Å². The highest BCUT2D eigenvalue weighted by Crippen LogP contribution is 2.04. The molecule has 0 aromatic heterocycles. The first kappa shape index (κ1) is 4.86. The molecular weight excluding hydrogens is 91.0 g/mol. The maximum atomic E-state index is 9.07. The minimum Gasteiger partial charge on any atom is -0.292 e. The summed E-state index contributed by atoms with van der Waals surface area (Å²) in [5, 5.41) is 0. The highest BCUT2D eigenvalue weighted by molar-refractivity contribution is 7.54. The molecule has 0 heterocycles. The van der Waals surface area contributed by atoms with Crippen molar-refractivity contribution in [1.29, 1.82) is 0 Å². The molecule has 5 heavy (non-hydrogen) atoms. The Bertz CT molecular complexity index is 57.9. The molecule has 0 fully saturated rings. The van der Waals surface area contributed by atoms with Crippen molar-refractivity contribution < 1.29 is 14.3 Å². The van der Waals surface area contributed by atoms with Crippen LogP contribution in [0.1, 0.15) is 0 Å². The average molecular weight is 93.0 g/mol. The molecule has 0 amide bonds. The van der Waals surface area contributed by atoms with Crippen molar-refractivity contribution in [2.24, 2.45) is 0 Å². The molecule has 0 aliphatic rings. The lowest BCUT2D eigenvalue weighted by Crippen LogP contribution is -1.47. The number of carbonyl (C=O) groups excluding carboxylic acids is 1. The Morgan fingerprint density at radius 2 is 1.80 bits per heavy atom. The first-order valence-electron chi connectivity index (χ1n) is 0.933. The third-order valence-electron chi connectivity index (χ3n) is 0.0962. The monoisotopic (exact) mass is 93.0 g/mol. The lowest BCUT2D eigenvalue weighted by molar-refractivity contribution is 0.441. The molecule has 1 radical (unpaired) electrons. The molecule has 0 aromatic rings. The van der Waals surface area contributed by atoms with E-state index in [2.05, 4.69) is 0 Å². The van der Waals surface area contributed by atoms with E-state index in [1.807, 2.05) is 0 Å². The van der Waals surface area contributed by atoms with Gasteiger partial charge in [-0.05, 0) is 0 Å². The van der Waals surface area contributed by atoms with Gasteiger partial charge in [-0.15, -0.1) is 0 Å². The molecule has 0 rings (SSSR count). The van der Waals surface area contributed by atoms with E-state index >= 15 is 0 Å². The van der Waals surface area contributed by atoms with Gasteiger partial charge in [-0.3, -0.25) is 9.36 Å². The van der Waals surface area contributed by atoms with Crippen LogP contribution in [-0.2, 0) is 14.3 Å².